The Balaban J connectivity index is 1.62. The molecule has 2 atom stereocenters. The fraction of sp³-hybridized carbons (Fsp3) is 0.361. The van der Waals surface area contributed by atoms with E-state index in [1.165, 1.54) is 19.2 Å². The van der Waals surface area contributed by atoms with Crippen molar-refractivity contribution in [3.8, 4) is 11.5 Å². The minimum atomic E-state index is -3.72. The van der Waals surface area contributed by atoms with Crippen molar-refractivity contribution in [3.63, 3.8) is 0 Å². The van der Waals surface area contributed by atoms with Crippen LogP contribution in [0, 0.1) is 0 Å². The van der Waals surface area contributed by atoms with Crippen LogP contribution in [-0.4, -0.2) is 67.5 Å². The molecule has 4 aromatic rings. The second-order valence-corrected chi connectivity index (χ2v) is 14.4. The average molecular weight is 690 g/mol. The molecule has 1 aliphatic rings. The third kappa shape index (κ3) is 7.51. The number of carbonyl (C=O) groups is 2. The number of anilines is 3. The fourth-order valence-corrected chi connectivity index (χ4v) is 7.28. The number of fused-ring (bicyclic) bond motifs is 1. The van der Waals surface area contributed by atoms with E-state index in [2.05, 4.69) is 10.3 Å². The molecule has 5 rings (SSSR count). The summed E-state index contributed by atoms with van der Waals surface area (Å²) in [6, 6.07) is 15.8. The van der Waals surface area contributed by atoms with E-state index < -0.39 is 28.0 Å². The number of likely N-dealkylation sites (tertiary alicyclic amines) is 1. The number of amides is 2. The highest BCUT2D eigenvalue weighted by atomic mass is 32.2. The molecule has 2 amide bonds. The van der Waals surface area contributed by atoms with Crippen molar-refractivity contribution in [2.45, 2.75) is 63.6 Å². The van der Waals surface area contributed by atoms with Crippen LogP contribution in [0.1, 0.15) is 63.7 Å². The monoisotopic (exact) mass is 689 g/mol. The molecule has 0 saturated carbocycles. The number of nitrogens with zero attached hydrogens (tertiary/aromatic N) is 3. The number of nitrogen functional groups attached to an aromatic ring is 1. The van der Waals surface area contributed by atoms with Crippen molar-refractivity contribution < 1.29 is 32.6 Å². The molecule has 0 radical (unpaired) electrons. The van der Waals surface area contributed by atoms with Crippen molar-refractivity contribution in [1.82, 2.24) is 9.88 Å². The summed E-state index contributed by atoms with van der Waals surface area (Å²) in [4.78, 5) is 33.6. The molecule has 0 bridgehead atoms. The van der Waals surface area contributed by atoms with Crippen LogP contribution in [0.4, 0.5) is 22.0 Å². The first kappa shape index (κ1) is 35.3. The van der Waals surface area contributed by atoms with Gasteiger partial charge in [0.15, 0.2) is 21.3 Å². The first-order valence-electron chi connectivity index (χ1n) is 16.3. The van der Waals surface area contributed by atoms with Crippen molar-refractivity contribution in [2.24, 2.45) is 0 Å². The zero-order valence-corrected chi connectivity index (χ0v) is 29.2. The van der Waals surface area contributed by atoms with E-state index in [9.17, 15) is 23.1 Å². The molecule has 12 nitrogen and oxygen atoms in total. The van der Waals surface area contributed by atoms with Gasteiger partial charge < -0.3 is 30.5 Å². The van der Waals surface area contributed by atoms with Crippen molar-refractivity contribution in [3.05, 3.63) is 78.0 Å². The SMILES string of the molecule is CCOc1cc([C@H](Nc2ccc3c(N)nccc3c2)C(=O)N2CCC[C@@H]2c2cc(N(C)C(=O)O)ccc2S(=O)(=O)CC)ccc1OC(C)C. The summed E-state index contributed by atoms with van der Waals surface area (Å²) in [6.07, 6.45) is 1.46. The van der Waals surface area contributed by atoms with Gasteiger partial charge in [-0.25, -0.2) is 18.2 Å². The predicted octanol–water partition coefficient (Wildman–Crippen LogP) is 6.43. The first-order valence-corrected chi connectivity index (χ1v) is 18.0. The van der Waals surface area contributed by atoms with Gasteiger partial charge in [-0.15, -0.1) is 0 Å². The highest BCUT2D eigenvalue weighted by Crippen LogP contribution is 2.41. The summed E-state index contributed by atoms with van der Waals surface area (Å²) >= 11 is 0. The van der Waals surface area contributed by atoms with Gasteiger partial charge in [0.2, 0.25) is 5.91 Å². The van der Waals surface area contributed by atoms with E-state index in [4.69, 9.17) is 15.2 Å². The number of aromatic nitrogens is 1. The Bertz CT molecular complexity index is 1970. The Morgan fingerprint density at radius 3 is 2.55 bits per heavy atom. The quantitative estimate of drug-likeness (QED) is 0.151. The number of sulfone groups is 1. The summed E-state index contributed by atoms with van der Waals surface area (Å²) in [5.74, 6) is 1.00. The largest absolute Gasteiger partial charge is 0.490 e. The highest BCUT2D eigenvalue weighted by molar-refractivity contribution is 7.91. The third-order valence-corrected chi connectivity index (χ3v) is 10.4. The molecule has 0 aliphatic carbocycles. The number of hydrogen-bond donors (Lipinski definition) is 3. The van der Waals surface area contributed by atoms with Gasteiger partial charge in [0.05, 0.1) is 29.4 Å². The molecular formula is C36H43N5O7S. The van der Waals surface area contributed by atoms with Crippen LogP contribution in [0.2, 0.25) is 0 Å². The molecule has 1 saturated heterocycles. The number of ether oxygens (including phenoxy) is 2. The lowest BCUT2D eigenvalue weighted by Gasteiger charge is -2.32. The molecule has 260 valence electrons. The zero-order chi connectivity index (χ0) is 35.5. The number of rotatable bonds is 12. The predicted molar refractivity (Wildman–Crippen MR) is 190 cm³/mol. The van der Waals surface area contributed by atoms with Gasteiger partial charge in [0, 0.05) is 36.6 Å². The second-order valence-electron chi connectivity index (χ2n) is 12.2. The molecule has 3 aromatic carbocycles. The lowest BCUT2D eigenvalue weighted by molar-refractivity contribution is -0.133. The Labute approximate surface area is 286 Å². The smallest absolute Gasteiger partial charge is 0.411 e. The molecule has 2 heterocycles. The minimum absolute atomic E-state index is 0.0845. The van der Waals surface area contributed by atoms with E-state index >= 15 is 0 Å². The molecule has 0 unspecified atom stereocenters. The van der Waals surface area contributed by atoms with Crippen LogP contribution in [0.3, 0.4) is 0 Å². The highest BCUT2D eigenvalue weighted by Gasteiger charge is 2.38. The molecule has 49 heavy (non-hydrogen) atoms. The maximum atomic E-state index is 14.8. The van der Waals surface area contributed by atoms with Crippen LogP contribution < -0.4 is 25.4 Å². The van der Waals surface area contributed by atoms with E-state index in [1.54, 1.807) is 36.2 Å². The van der Waals surface area contributed by atoms with Gasteiger partial charge in [-0.05, 0) is 105 Å². The molecule has 13 heteroatoms. The number of carbonyl (C=O) groups excluding carboxylic acids is 1. The number of benzene rings is 3. The number of pyridine rings is 1. The van der Waals surface area contributed by atoms with E-state index in [0.29, 0.717) is 65.8 Å². The van der Waals surface area contributed by atoms with Gasteiger partial charge in [-0.2, -0.15) is 0 Å². The lowest BCUT2D eigenvalue weighted by atomic mass is 10.00. The molecule has 0 spiro atoms. The van der Waals surface area contributed by atoms with Crippen molar-refractivity contribution in [2.75, 3.05) is 41.9 Å². The number of nitrogens with two attached hydrogens (primary N) is 1. The second kappa shape index (κ2) is 14.6. The zero-order valence-electron chi connectivity index (χ0n) is 28.3. The summed E-state index contributed by atoms with van der Waals surface area (Å²) in [6.45, 7) is 8.03. The number of hydrogen-bond acceptors (Lipinski definition) is 9. The average Bonchev–Trinajstić information content (AvgIpc) is 3.57. The fourth-order valence-electron chi connectivity index (χ4n) is 6.14. The molecule has 4 N–H and O–H groups in total. The molecular weight excluding hydrogens is 646 g/mol. The maximum absolute atomic E-state index is 14.8. The Kier molecular flexibility index (Phi) is 10.5. The standard InChI is InChI=1S/C36H43N5O7S/c1-6-47-31-20-24(10-14-30(31)48-22(3)4)33(39-25-11-13-27-23(19-25)16-17-38-34(27)37)35(42)41-18-8-9-29(41)28-21-26(40(5)36(43)44)12-15-32(28)49(45,46)7-2/h10-17,19-22,29,33,39H,6-9,18H2,1-5H3,(H2,37,38)(H,43,44)/t29-,33+/m1/s1. The van der Waals surface area contributed by atoms with Crippen molar-refractivity contribution >= 4 is 49.8 Å². The summed E-state index contributed by atoms with van der Waals surface area (Å²) < 4.78 is 38.6. The summed E-state index contributed by atoms with van der Waals surface area (Å²) in [5, 5.41) is 14.7. The van der Waals surface area contributed by atoms with Crippen LogP contribution in [0.5, 0.6) is 11.5 Å². The van der Waals surface area contributed by atoms with E-state index in [-0.39, 0.29) is 22.7 Å². The van der Waals surface area contributed by atoms with Gasteiger partial charge in [0.25, 0.3) is 0 Å². The number of nitrogens with one attached hydrogen (secondary N) is 1. The van der Waals surface area contributed by atoms with Gasteiger partial charge in [0.1, 0.15) is 11.9 Å². The summed E-state index contributed by atoms with van der Waals surface area (Å²) in [7, 11) is -2.32. The van der Waals surface area contributed by atoms with Crippen molar-refractivity contribution in [1.29, 1.82) is 0 Å². The van der Waals surface area contributed by atoms with Crippen LogP contribution in [0.15, 0.2) is 71.8 Å². The Morgan fingerprint density at radius 1 is 1.08 bits per heavy atom. The van der Waals surface area contributed by atoms with Gasteiger partial charge >= 0.3 is 6.09 Å². The minimum Gasteiger partial charge on any atom is -0.490 e. The lowest BCUT2D eigenvalue weighted by Crippen LogP contribution is -2.38. The number of carboxylic acid groups (broad SMARTS) is 1. The normalized spacial score (nSPS) is 15.3. The van der Waals surface area contributed by atoms with Gasteiger partial charge in [-0.1, -0.05) is 13.0 Å². The molecule has 1 aliphatic heterocycles. The maximum Gasteiger partial charge on any atom is 0.411 e. The van der Waals surface area contributed by atoms with Crippen LogP contribution in [0.25, 0.3) is 10.8 Å². The summed E-state index contributed by atoms with van der Waals surface area (Å²) in [5.41, 5.74) is 8.07. The Morgan fingerprint density at radius 2 is 1.86 bits per heavy atom. The first-order chi connectivity index (χ1) is 23.3. The van der Waals surface area contributed by atoms with E-state index in [1.807, 2.05) is 51.1 Å². The molecule has 1 fully saturated rings. The van der Waals surface area contributed by atoms with Gasteiger partial charge in [-0.3, -0.25) is 9.69 Å². The Hall–Kier alpha value is -5.04. The molecule has 1 aromatic heterocycles. The van der Waals surface area contributed by atoms with Crippen LogP contribution in [-0.2, 0) is 14.6 Å². The topological polar surface area (TPSA) is 164 Å². The van der Waals surface area contributed by atoms with Crippen LogP contribution >= 0.6 is 0 Å². The third-order valence-electron chi connectivity index (χ3n) is 8.59. The van der Waals surface area contributed by atoms with E-state index in [0.717, 1.165) is 15.7 Å².